The van der Waals surface area contributed by atoms with Gasteiger partial charge in [-0.25, -0.2) is 9.18 Å². The highest BCUT2D eigenvalue weighted by atomic mass is 35.5. The number of fused-ring (bicyclic) bond motifs is 1. The van der Waals surface area contributed by atoms with Crippen LogP contribution in [0.2, 0.25) is 5.02 Å². The predicted molar refractivity (Wildman–Crippen MR) is 111 cm³/mol. The number of piperidine rings is 1. The molecule has 1 fully saturated rings. The number of amides is 5. The number of nitrogens with one attached hydrogen (secondary N) is 3. The average molecular weight is 461 g/mol. The van der Waals surface area contributed by atoms with E-state index in [0.717, 1.165) is 0 Å². The Kier molecular flexibility index (Phi) is 5.70. The fourth-order valence-electron chi connectivity index (χ4n) is 3.73. The summed E-state index contributed by atoms with van der Waals surface area (Å²) in [5, 5.41) is 16.9. The number of carbonyl (C=O) groups is 4. The van der Waals surface area contributed by atoms with Crippen molar-refractivity contribution in [3.05, 3.63) is 57.9 Å². The lowest BCUT2D eigenvalue weighted by atomic mass is 10.0. The van der Waals surface area contributed by atoms with Crippen molar-refractivity contribution in [2.75, 3.05) is 5.32 Å². The predicted octanol–water partition coefficient (Wildman–Crippen LogP) is 2.27. The molecule has 2 aliphatic heterocycles. The van der Waals surface area contributed by atoms with Gasteiger partial charge in [-0.05, 0) is 24.6 Å². The van der Waals surface area contributed by atoms with E-state index in [9.17, 15) is 24.3 Å². The molecule has 0 aromatic heterocycles. The first-order chi connectivity index (χ1) is 15.2. The Hall–Kier alpha value is -3.66. The normalized spacial score (nSPS) is 17.8. The number of hydrogen-bond acceptors (Lipinski definition) is 5. The molecular weight excluding hydrogens is 443 g/mol. The van der Waals surface area contributed by atoms with E-state index < -0.39 is 35.6 Å². The van der Waals surface area contributed by atoms with Gasteiger partial charge in [0.1, 0.15) is 17.6 Å². The van der Waals surface area contributed by atoms with Crippen molar-refractivity contribution in [1.29, 1.82) is 0 Å². The second kappa shape index (κ2) is 8.46. The molecule has 32 heavy (non-hydrogen) atoms. The number of phenolic OH excluding ortho intramolecular Hbond substituents is 1. The fraction of sp³-hybridized carbons (Fsp3) is 0.238. The van der Waals surface area contributed by atoms with Crippen LogP contribution in [0.1, 0.15) is 34.3 Å². The molecule has 11 heteroatoms. The van der Waals surface area contributed by atoms with Gasteiger partial charge >= 0.3 is 6.03 Å². The van der Waals surface area contributed by atoms with Crippen LogP contribution in [0.3, 0.4) is 0 Å². The SMILES string of the molecule is O=C1CCC(N2Cc3c(ccc(CNC(=O)Nc4ccc(Cl)c(O)c4)c3F)C2=O)C(=O)N1. The lowest BCUT2D eigenvalue weighted by Gasteiger charge is -2.29. The van der Waals surface area contributed by atoms with Crippen LogP contribution in [0.15, 0.2) is 30.3 Å². The third kappa shape index (κ3) is 4.09. The number of imide groups is 1. The summed E-state index contributed by atoms with van der Waals surface area (Å²) >= 11 is 5.72. The summed E-state index contributed by atoms with van der Waals surface area (Å²) in [7, 11) is 0. The van der Waals surface area contributed by atoms with Gasteiger partial charge in [0.25, 0.3) is 5.91 Å². The zero-order valence-corrected chi connectivity index (χ0v) is 17.3. The minimum Gasteiger partial charge on any atom is -0.506 e. The van der Waals surface area contributed by atoms with Crippen LogP contribution in [0, 0.1) is 5.82 Å². The standard InChI is InChI=1S/C21H18ClFN4O5/c22-14-4-2-11(7-16(14)28)25-21(32)24-8-10-1-3-12-13(18(10)23)9-27(20(12)31)15-5-6-17(29)26-19(15)30/h1-4,7,15,28H,5-6,8-9H2,(H2,24,25,32)(H,26,29,30). The van der Waals surface area contributed by atoms with Gasteiger partial charge in [-0.2, -0.15) is 0 Å². The Balaban J connectivity index is 1.43. The van der Waals surface area contributed by atoms with E-state index in [0.29, 0.717) is 5.69 Å². The van der Waals surface area contributed by atoms with Crippen LogP contribution >= 0.6 is 11.6 Å². The molecule has 1 saturated heterocycles. The fourth-order valence-corrected chi connectivity index (χ4v) is 3.85. The van der Waals surface area contributed by atoms with Crippen molar-refractivity contribution >= 4 is 41.0 Å². The summed E-state index contributed by atoms with van der Waals surface area (Å²) in [6, 6.07) is 5.56. The third-order valence-electron chi connectivity index (χ3n) is 5.37. The largest absolute Gasteiger partial charge is 0.506 e. The lowest BCUT2D eigenvalue weighted by molar-refractivity contribution is -0.136. The Bertz CT molecular complexity index is 1160. The van der Waals surface area contributed by atoms with Crippen molar-refractivity contribution < 1.29 is 28.7 Å². The molecule has 0 spiro atoms. The van der Waals surface area contributed by atoms with Crippen molar-refractivity contribution in [3.63, 3.8) is 0 Å². The molecule has 0 saturated carbocycles. The molecule has 1 unspecified atom stereocenters. The monoisotopic (exact) mass is 460 g/mol. The van der Waals surface area contributed by atoms with Crippen LogP contribution < -0.4 is 16.0 Å². The van der Waals surface area contributed by atoms with Gasteiger partial charge in [0, 0.05) is 41.4 Å². The quantitative estimate of drug-likeness (QED) is 0.520. The van der Waals surface area contributed by atoms with E-state index in [1.807, 2.05) is 0 Å². The van der Waals surface area contributed by atoms with E-state index in [-0.39, 0.29) is 53.4 Å². The van der Waals surface area contributed by atoms with Crippen molar-refractivity contribution in [1.82, 2.24) is 15.5 Å². The first-order valence-electron chi connectivity index (χ1n) is 9.73. The second-order valence-electron chi connectivity index (χ2n) is 7.44. The zero-order valence-electron chi connectivity index (χ0n) is 16.6. The molecule has 0 bridgehead atoms. The molecular formula is C21H18ClFN4O5. The number of aromatic hydroxyl groups is 1. The highest BCUT2D eigenvalue weighted by Crippen LogP contribution is 2.31. The first kappa shape index (κ1) is 21.6. The summed E-state index contributed by atoms with van der Waals surface area (Å²) in [4.78, 5) is 49.5. The number of urea groups is 1. The number of nitrogens with zero attached hydrogens (tertiary/aromatic N) is 1. The van der Waals surface area contributed by atoms with Crippen LogP contribution in [-0.4, -0.2) is 39.8 Å². The molecule has 0 aliphatic carbocycles. The number of anilines is 1. The maximum Gasteiger partial charge on any atom is 0.319 e. The van der Waals surface area contributed by atoms with Gasteiger partial charge in [0.05, 0.1) is 11.6 Å². The van der Waals surface area contributed by atoms with Gasteiger partial charge in [-0.3, -0.25) is 19.7 Å². The molecule has 2 aromatic rings. The minimum absolute atomic E-state index is 0.101. The van der Waals surface area contributed by atoms with Gasteiger partial charge in [-0.15, -0.1) is 0 Å². The van der Waals surface area contributed by atoms with Crippen LogP contribution in [0.25, 0.3) is 0 Å². The summed E-state index contributed by atoms with van der Waals surface area (Å²) in [6.07, 6.45) is 0.287. The number of rotatable bonds is 4. The van der Waals surface area contributed by atoms with Crippen molar-refractivity contribution in [2.45, 2.75) is 32.0 Å². The Morgan fingerprint density at radius 3 is 2.75 bits per heavy atom. The molecule has 2 aromatic carbocycles. The van der Waals surface area contributed by atoms with Crippen LogP contribution in [0.5, 0.6) is 5.75 Å². The molecule has 5 amide bonds. The zero-order chi connectivity index (χ0) is 23.0. The molecule has 9 nitrogen and oxygen atoms in total. The minimum atomic E-state index is -0.838. The van der Waals surface area contributed by atoms with Crippen molar-refractivity contribution in [3.8, 4) is 5.75 Å². The smallest absolute Gasteiger partial charge is 0.319 e. The molecule has 1 atom stereocenters. The summed E-state index contributed by atoms with van der Waals surface area (Å²) in [5.41, 5.74) is 0.749. The summed E-state index contributed by atoms with van der Waals surface area (Å²) < 4.78 is 15.1. The Labute approximate surface area is 186 Å². The number of phenols is 1. The molecule has 4 rings (SSSR count). The molecule has 4 N–H and O–H groups in total. The highest BCUT2D eigenvalue weighted by Gasteiger charge is 2.40. The third-order valence-corrected chi connectivity index (χ3v) is 5.69. The maximum absolute atomic E-state index is 15.1. The lowest BCUT2D eigenvalue weighted by Crippen LogP contribution is -2.52. The number of halogens is 2. The number of carbonyl (C=O) groups excluding carboxylic acids is 4. The van der Waals surface area contributed by atoms with E-state index in [2.05, 4.69) is 16.0 Å². The van der Waals surface area contributed by atoms with Gasteiger partial charge in [0.15, 0.2) is 0 Å². The number of hydrogen-bond donors (Lipinski definition) is 4. The molecule has 0 radical (unpaired) electrons. The van der Waals surface area contributed by atoms with Gasteiger partial charge < -0.3 is 20.6 Å². The second-order valence-corrected chi connectivity index (χ2v) is 7.85. The topological polar surface area (TPSA) is 128 Å². The van der Waals surface area contributed by atoms with Gasteiger partial charge in [-0.1, -0.05) is 17.7 Å². The average Bonchev–Trinajstić information content (AvgIpc) is 3.07. The van der Waals surface area contributed by atoms with Gasteiger partial charge in [0.2, 0.25) is 11.8 Å². The Morgan fingerprint density at radius 1 is 1.25 bits per heavy atom. The van der Waals surface area contributed by atoms with Crippen molar-refractivity contribution in [2.24, 2.45) is 0 Å². The van der Waals surface area contributed by atoms with Crippen LogP contribution in [0.4, 0.5) is 14.9 Å². The summed E-state index contributed by atoms with van der Waals surface area (Å²) in [6.45, 7) is -0.256. The molecule has 2 aliphatic rings. The van der Waals surface area contributed by atoms with E-state index >= 15 is 4.39 Å². The highest BCUT2D eigenvalue weighted by molar-refractivity contribution is 6.32. The van der Waals surface area contributed by atoms with E-state index in [4.69, 9.17) is 11.6 Å². The maximum atomic E-state index is 15.1. The van der Waals surface area contributed by atoms with Crippen LogP contribution in [-0.2, 0) is 22.7 Å². The summed E-state index contributed by atoms with van der Waals surface area (Å²) in [5.74, 6) is -2.29. The number of benzene rings is 2. The van der Waals surface area contributed by atoms with E-state index in [1.165, 1.54) is 35.2 Å². The van der Waals surface area contributed by atoms with E-state index in [1.54, 1.807) is 0 Å². The first-order valence-corrected chi connectivity index (χ1v) is 10.1. The molecule has 2 heterocycles. The Morgan fingerprint density at radius 2 is 2.03 bits per heavy atom. The molecule has 166 valence electrons.